The number of nitrogens with zero attached hydrogens (tertiary/aromatic N) is 1. The maximum Gasteiger partial charge on any atom is 0.259 e. The van der Waals surface area contributed by atoms with Gasteiger partial charge in [-0.15, -0.1) is 0 Å². The summed E-state index contributed by atoms with van der Waals surface area (Å²) in [6.07, 6.45) is 0. The lowest BCUT2D eigenvalue weighted by Crippen LogP contribution is -2.39. The minimum absolute atomic E-state index is 0.0914. The average Bonchev–Trinajstić information content (AvgIpc) is 3.03. The van der Waals surface area contributed by atoms with Crippen LogP contribution in [-0.2, 0) is 4.79 Å². The molecule has 0 radical (unpaired) electrons. The van der Waals surface area contributed by atoms with Crippen LogP contribution in [0.5, 0.6) is 5.75 Å². The number of methoxy groups -OCH3 is 1. The Morgan fingerprint density at radius 3 is 2.17 bits per heavy atom. The van der Waals surface area contributed by atoms with Crippen molar-refractivity contribution in [2.24, 2.45) is 0 Å². The van der Waals surface area contributed by atoms with Gasteiger partial charge in [0.05, 0.1) is 13.2 Å². The summed E-state index contributed by atoms with van der Waals surface area (Å²) in [7, 11) is 1.61. The van der Waals surface area contributed by atoms with Crippen molar-refractivity contribution in [1.29, 1.82) is 0 Å². The lowest BCUT2D eigenvalue weighted by Gasteiger charge is -2.23. The Kier molecular flexibility index (Phi) is 5.35. The van der Waals surface area contributed by atoms with Gasteiger partial charge in [0.15, 0.2) is 0 Å². The Balaban J connectivity index is 1.55. The molecule has 5 nitrogen and oxygen atoms in total. The zero-order chi connectivity index (χ0) is 21.1. The molecular formula is C25H22N2O3. The molecule has 0 spiro atoms. The molecule has 0 saturated heterocycles. The molecule has 2 amide bonds. The predicted molar refractivity (Wildman–Crippen MR) is 116 cm³/mol. The van der Waals surface area contributed by atoms with E-state index in [4.69, 9.17) is 4.74 Å². The van der Waals surface area contributed by atoms with Crippen molar-refractivity contribution in [2.75, 3.05) is 13.7 Å². The number of ether oxygens (including phenoxy) is 1. The van der Waals surface area contributed by atoms with Gasteiger partial charge in [-0.25, -0.2) is 0 Å². The summed E-state index contributed by atoms with van der Waals surface area (Å²) < 4.78 is 5.24. The van der Waals surface area contributed by atoms with E-state index in [9.17, 15) is 9.59 Å². The van der Waals surface area contributed by atoms with Crippen molar-refractivity contribution < 1.29 is 14.3 Å². The molecule has 5 heteroatoms. The lowest BCUT2D eigenvalue weighted by molar-refractivity contribution is -0.121. The third kappa shape index (κ3) is 3.70. The van der Waals surface area contributed by atoms with E-state index in [1.807, 2.05) is 72.8 Å². The molecule has 0 bridgehead atoms. The monoisotopic (exact) mass is 398 g/mol. The number of rotatable bonds is 6. The molecule has 30 heavy (non-hydrogen) atoms. The van der Waals surface area contributed by atoms with E-state index in [-0.39, 0.29) is 24.4 Å². The van der Waals surface area contributed by atoms with Gasteiger partial charge in [-0.2, -0.15) is 0 Å². The minimum Gasteiger partial charge on any atom is -0.497 e. The summed E-state index contributed by atoms with van der Waals surface area (Å²) in [5, 5.41) is 3.07. The normalized spacial score (nSPS) is 13.7. The fourth-order valence-electron chi connectivity index (χ4n) is 3.65. The number of hydrogen-bond donors (Lipinski definition) is 1. The van der Waals surface area contributed by atoms with Crippen LogP contribution in [-0.4, -0.2) is 30.4 Å². The van der Waals surface area contributed by atoms with E-state index < -0.39 is 0 Å². The van der Waals surface area contributed by atoms with Gasteiger partial charge in [0.2, 0.25) is 5.91 Å². The molecule has 1 N–H and O–H groups in total. The number of nitrogens with one attached hydrogen (secondary N) is 1. The van der Waals surface area contributed by atoms with Crippen molar-refractivity contribution in [3.05, 3.63) is 108 Å². The van der Waals surface area contributed by atoms with Crippen LogP contribution < -0.4 is 10.1 Å². The SMILES string of the molecule is C=C1c2ccccc2C(=O)N1CC(=O)NC(c1ccccc1)c1ccc(OC)cc1. The summed E-state index contributed by atoms with van der Waals surface area (Å²) in [6.45, 7) is 3.91. The first-order valence-electron chi connectivity index (χ1n) is 9.67. The smallest absolute Gasteiger partial charge is 0.259 e. The van der Waals surface area contributed by atoms with E-state index in [1.54, 1.807) is 13.2 Å². The Morgan fingerprint density at radius 1 is 0.933 bits per heavy atom. The van der Waals surface area contributed by atoms with Crippen molar-refractivity contribution in [2.45, 2.75) is 6.04 Å². The Hall–Kier alpha value is -3.86. The van der Waals surface area contributed by atoms with Gasteiger partial charge in [0.25, 0.3) is 5.91 Å². The van der Waals surface area contributed by atoms with Gasteiger partial charge < -0.3 is 10.1 Å². The maximum atomic E-state index is 13.0. The van der Waals surface area contributed by atoms with Crippen LogP contribution in [0, 0.1) is 0 Å². The first-order chi connectivity index (χ1) is 14.6. The van der Waals surface area contributed by atoms with Crippen LogP contribution in [0.2, 0.25) is 0 Å². The second-order valence-electron chi connectivity index (χ2n) is 7.07. The first-order valence-corrected chi connectivity index (χ1v) is 9.67. The molecule has 1 aliphatic heterocycles. The molecule has 0 fully saturated rings. The summed E-state index contributed by atoms with van der Waals surface area (Å²) >= 11 is 0. The molecule has 1 atom stereocenters. The van der Waals surface area contributed by atoms with E-state index in [1.165, 1.54) is 4.90 Å². The highest BCUT2D eigenvalue weighted by atomic mass is 16.5. The summed E-state index contributed by atoms with van der Waals surface area (Å²) in [4.78, 5) is 27.1. The third-order valence-corrected chi connectivity index (χ3v) is 5.23. The largest absolute Gasteiger partial charge is 0.497 e. The number of amides is 2. The first kappa shape index (κ1) is 19.5. The Morgan fingerprint density at radius 2 is 1.53 bits per heavy atom. The van der Waals surface area contributed by atoms with Crippen LogP contribution in [0.4, 0.5) is 0 Å². The van der Waals surface area contributed by atoms with Crippen molar-refractivity contribution >= 4 is 17.5 Å². The molecule has 0 aromatic heterocycles. The molecule has 150 valence electrons. The molecule has 1 unspecified atom stereocenters. The topological polar surface area (TPSA) is 58.6 Å². The highest BCUT2D eigenvalue weighted by molar-refractivity contribution is 6.10. The van der Waals surface area contributed by atoms with Crippen LogP contribution in [0.3, 0.4) is 0 Å². The van der Waals surface area contributed by atoms with Crippen molar-refractivity contribution in [3.8, 4) is 5.75 Å². The number of fused-ring (bicyclic) bond motifs is 1. The van der Waals surface area contributed by atoms with E-state index in [0.29, 0.717) is 11.3 Å². The van der Waals surface area contributed by atoms with E-state index in [2.05, 4.69) is 11.9 Å². The van der Waals surface area contributed by atoms with Crippen LogP contribution in [0.15, 0.2) is 85.4 Å². The molecule has 1 aliphatic rings. The van der Waals surface area contributed by atoms with E-state index >= 15 is 0 Å². The van der Waals surface area contributed by atoms with Crippen LogP contribution in [0.25, 0.3) is 5.70 Å². The number of benzene rings is 3. The van der Waals surface area contributed by atoms with Gasteiger partial charge in [-0.3, -0.25) is 14.5 Å². The zero-order valence-corrected chi connectivity index (χ0v) is 16.7. The zero-order valence-electron chi connectivity index (χ0n) is 16.7. The predicted octanol–water partition coefficient (Wildman–Crippen LogP) is 4.03. The second kappa shape index (κ2) is 8.25. The van der Waals surface area contributed by atoms with Crippen LogP contribution >= 0.6 is 0 Å². The molecule has 4 rings (SSSR count). The van der Waals surface area contributed by atoms with E-state index in [0.717, 1.165) is 22.4 Å². The maximum absolute atomic E-state index is 13.0. The molecular weight excluding hydrogens is 376 g/mol. The quantitative estimate of drug-likeness (QED) is 0.682. The lowest BCUT2D eigenvalue weighted by atomic mass is 9.98. The average molecular weight is 398 g/mol. The van der Waals surface area contributed by atoms with Crippen molar-refractivity contribution in [3.63, 3.8) is 0 Å². The third-order valence-electron chi connectivity index (χ3n) is 5.23. The summed E-state index contributed by atoms with van der Waals surface area (Å²) in [5.74, 6) is 0.280. The standard InChI is InChI=1S/C25H22N2O3/c1-17-21-10-6-7-11-22(21)25(29)27(17)16-23(28)26-24(18-8-4-3-5-9-18)19-12-14-20(30-2)15-13-19/h3-15,24H,1,16H2,2H3,(H,26,28). The fourth-order valence-corrected chi connectivity index (χ4v) is 3.65. The van der Waals surface area contributed by atoms with Gasteiger partial charge in [0.1, 0.15) is 12.3 Å². The number of hydrogen-bond acceptors (Lipinski definition) is 3. The Bertz CT molecular complexity index is 1060. The molecule has 3 aromatic rings. The highest BCUT2D eigenvalue weighted by Gasteiger charge is 2.32. The number of carbonyl (C=O) groups excluding carboxylic acids is 2. The fraction of sp³-hybridized carbons (Fsp3) is 0.120. The molecule has 0 aliphatic carbocycles. The molecule has 0 saturated carbocycles. The Labute approximate surface area is 175 Å². The van der Waals surface area contributed by atoms with Gasteiger partial charge in [0, 0.05) is 16.8 Å². The van der Waals surface area contributed by atoms with Gasteiger partial charge in [-0.05, 0) is 29.3 Å². The van der Waals surface area contributed by atoms with Gasteiger partial charge in [-0.1, -0.05) is 67.2 Å². The summed E-state index contributed by atoms with van der Waals surface area (Å²) in [5.41, 5.74) is 3.76. The minimum atomic E-state index is -0.349. The molecule has 1 heterocycles. The van der Waals surface area contributed by atoms with Crippen LogP contribution in [0.1, 0.15) is 33.1 Å². The highest BCUT2D eigenvalue weighted by Crippen LogP contribution is 2.31. The van der Waals surface area contributed by atoms with Crippen molar-refractivity contribution in [1.82, 2.24) is 10.2 Å². The van der Waals surface area contributed by atoms with Gasteiger partial charge >= 0.3 is 0 Å². The second-order valence-corrected chi connectivity index (χ2v) is 7.07. The number of carbonyl (C=O) groups is 2. The summed E-state index contributed by atoms with van der Waals surface area (Å²) in [6, 6.07) is 24.2. The molecule has 3 aromatic carbocycles.